The molecule has 4 saturated carbocycles. The third-order valence-corrected chi connectivity index (χ3v) is 7.38. The summed E-state index contributed by atoms with van der Waals surface area (Å²) in [7, 11) is 0. The number of pyridine rings is 1. The van der Waals surface area contributed by atoms with Crippen LogP contribution in [0, 0.1) is 17.8 Å². The van der Waals surface area contributed by atoms with E-state index in [0.717, 1.165) is 17.8 Å². The van der Waals surface area contributed by atoms with Crippen LogP contribution in [-0.4, -0.2) is 9.73 Å². The van der Waals surface area contributed by atoms with Gasteiger partial charge in [-0.15, -0.1) is 11.8 Å². The van der Waals surface area contributed by atoms with Crippen molar-refractivity contribution in [3.05, 3.63) is 24.0 Å². The number of hydrogen-bond donors (Lipinski definition) is 0. The van der Waals surface area contributed by atoms with Gasteiger partial charge in [-0.1, -0.05) is 20.8 Å². The lowest BCUT2D eigenvalue weighted by Crippen LogP contribution is -2.48. The first-order valence-electron chi connectivity index (χ1n) is 8.57. The number of aromatic nitrogens is 1. The Labute approximate surface area is 133 Å². The number of nitrogens with zero attached hydrogens (tertiary/aromatic N) is 1. The molecule has 1 aromatic heterocycles. The van der Waals surface area contributed by atoms with E-state index in [9.17, 15) is 0 Å². The molecule has 1 heterocycles. The maximum atomic E-state index is 4.44. The average molecular weight is 301 g/mol. The first-order valence-corrected chi connectivity index (χ1v) is 9.39. The Morgan fingerprint density at radius 2 is 1.62 bits per heavy atom. The van der Waals surface area contributed by atoms with Gasteiger partial charge in [0, 0.05) is 22.0 Å². The third kappa shape index (κ3) is 2.54. The smallest absolute Gasteiger partial charge is 0.0407 e. The minimum absolute atomic E-state index is 0.216. The van der Waals surface area contributed by atoms with Gasteiger partial charge >= 0.3 is 0 Å². The highest BCUT2D eigenvalue weighted by Gasteiger charge is 2.51. The SMILES string of the molecule is CC(C)(C)c1ccncc1SC12CC3CC(CC(C3)C1)C2. The zero-order chi connectivity index (χ0) is 14.7. The molecular weight excluding hydrogens is 274 g/mol. The summed E-state index contributed by atoms with van der Waals surface area (Å²) >= 11 is 2.19. The van der Waals surface area contributed by atoms with Crippen molar-refractivity contribution in [1.29, 1.82) is 0 Å². The summed E-state index contributed by atoms with van der Waals surface area (Å²) in [6.07, 6.45) is 13.1. The molecule has 0 amide bonds. The minimum Gasteiger partial charge on any atom is -0.264 e. The highest BCUT2D eigenvalue weighted by molar-refractivity contribution is 8.00. The summed E-state index contributed by atoms with van der Waals surface area (Å²) in [6.45, 7) is 6.98. The molecule has 0 aliphatic heterocycles. The monoisotopic (exact) mass is 301 g/mol. The number of thioether (sulfide) groups is 1. The summed E-state index contributed by atoms with van der Waals surface area (Å²) < 4.78 is 0.539. The van der Waals surface area contributed by atoms with Gasteiger partial charge in [0.2, 0.25) is 0 Å². The van der Waals surface area contributed by atoms with Crippen molar-refractivity contribution in [1.82, 2.24) is 4.98 Å². The third-order valence-electron chi connectivity index (χ3n) is 5.90. The van der Waals surface area contributed by atoms with Gasteiger partial charge in [-0.2, -0.15) is 0 Å². The first-order chi connectivity index (χ1) is 9.94. The lowest BCUT2D eigenvalue weighted by molar-refractivity contribution is 0.0383. The van der Waals surface area contributed by atoms with Crippen LogP contribution in [0.4, 0.5) is 0 Å². The maximum Gasteiger partial charge on any atom is 0.0407 e. The minimum atomic E-state index is 0.216. The Morgan fingerprint density at radius 3 is 2.14 bits per heavy atom. The summed E-state index contributed by atoms with van der Waals surface area (Å²) in [5.41, 5.74) is 1.70. The molecule has 0 atom stereocenters. The van der Waals surface area contributed by atoms with Crippen LogP contribution < -0.4 is 0 Å². The van der Waals surface area contributed by atoms with Gasteiger partial charge in [0.25, 0.3) is 0 Å². The summed E-state index contributed by atoms with van der Waals surface area (Å²) in [5, 5.41) is 0. The zero-order valence-electron chi connectivity index (χ0n) is 13.6. The Balaban J connectivity index is 1.65. The fraction of sp³-hybridized carbons (Fsp3) is 0.737. The van der Waals surface area contributed by atoms with E-state index in [1.54, 1.807) is 0 Å². The van der Waals surface area contributed by atoms with Crippen molar-refractivity contribution >= 4 is 11.8 Å². The van der Waals surface area contributed by atoms with Gasteiger partial charge in [0.15, 0.2) is 0 Å². The largest absolute Gasteiger partial charge is 0.264 e. The summed E-state index contributed by atoms with van der Waals surface area (Å²) in [5.74, 6) is 3.08. The van der Waals surface area contributed by atoms with E-state index in [2.05, 4.69) is 49.8 Å². The maximum absolute atomic E-state index is 4.44. The van der Waals surface area contributed by atoms with Crippen molar-refractivity contribution in [2.75, 3.05) is 0 Å². The molecule has 4 fully saturated rings. The van der Waals surface area contributed by atoms with Gasteiger partial charge in [0.1, 0.15) is 0 Å². The lowest BCUT2D eigenvalue weighted by atomic mass is 9.56. The lowest BCUT2D eigenvalue weighted by Gasteiger charge is -2.56. The van der Waals surface area contributed by atoms with Crippen LogP contribution in [0.15, 0.2) is 23.4 Å². The van der Waals surface area contributed by atoms with Gasteiger partial charge in [0.05, 0.1) is 0 Å². The molecule has 4 bridgehead atoms. The summed E-state index contributed by atoms with van der Waals surface area (Å²) in [4.78, 5) is 5.89. The average Bonchev–Trinajstić information content (AvgIpc) is 2.35. The van der Waals surface area contributed by atoms with Crippen LogP contribution in [0.1, 0.15) is 64.9 Å². The van der Waals surface area contributed by atoms with Crippen LogP contribution in [0.5, 0.6) is 0 Å². The van der Waals surface area contributed by atoms with Crippen LogP contribution in [-0.2, 0) is 5.41 Å². The van der Waals surface area contributed by atoms with Gasteiger partial charge < -0.3 is 0 Å². The van der Waals surface area contributed by atoms with Crippen LogP contribution >= 0.6 is 11.8 Å². The fourth-order valence-electron chi connectivity index (χ4n) is 5.47. The Morgan fingerprint density at radius 1 is 1.05 bits per heavy atom. The quantitative estimate of drug-likeness (QED) is 0.721. The zero-order valence-corrected chi connectivity index (χ0v) is 14.4. The molecule has 0 N–H and O–H groups in total. The second-order valence-electron chi connectivity index (χ2n) is 8.82. The van der Waals surface area contributed by atoms with Crippen LogP contribution in [0.2, 0.25) is 0 Å². The molecule has 0 saturated heterocycles. The highest BCUT2D eigenvalue weighted by Crippen LogP contribution is 2.62. The standard InChI is InChI=1S/C19H27NS/c1-18(2,3)16-4-5-20-12-17(16)21-19-9-13-6-14(10-19)8-15(7-13)11-19/h4-5,12-15H,6-11H2,1-3H3. The van der Waals surface area contributed by atoms with E-state index in [4.69, 9.17) is 0 Å². The van der Waals surface area contributed by atoms with Crippen molar-refractivity contribution in [2.45, 2.75) is 74.4 Å². The summed E-state index contributed by atoms with van der Waals surface area (Å²) in [6, 6.07) is 2.24. The highest BCUT2D eigenvalue weighted by atomic mass is 32.2. The second kappa shape index (κ2) is 4.75. The van der Waals surface area contributed by atoms with Crippen molar-refractivity contribution in [3.8, 4) is 0 Å². The Hall–Kier alpha value is -0.500. The molecule has 5 rings (SSSR count). The van der Waals surface area contributed by atoms with E-state index in [1.165, 1.54) is 49.0 Å². The van der Waals surface area contributed by atoms with Crippen molar-refractivity contribution in [3.63, 3.8) is 0 Å². The number of hydrogen-bond acceptors (Lipinski definition) is 2. The van der Waals surface area contributed by atoms with Crippen molar-refractivity contribution in [2.24, 2.45) is 17.8 Å². The van der Waals surface area contributed by atoms with Gasteiger partial charge in [-0.25, -0.2) is 0 Å². The second-order valence-corrected chi connectivity index (χ2v) is 10.3. The molecule has 4 aliphatic rings. The molecule has 1 aromatic rings. The fourth-order valence-corrected chi connectivity index (χ4v) is 7.49. The van der Waals surface area contributed by atoms with Gasteiger partial charge in [-0.05, 0) is 73.3 Å². The Kier molecular flexibility index (Phi) is 3.19. The van der Waals surface area contributed by atoms with Crippen LogP contribution in [0.3, 0.4) is 0 Å². The molecule has 1 nitrogen and oxygen atoms in total. The van der Waals surface area contributed by atoms with E-state index < -0.39 is 0 Å². The molecule has 0 radical (unpaired) electrons. The van der Waals surface area contributed by atoms with E-state index in [1.807, 2.05) is 6.20 Å². The molecule has 0 aromatic carbocycles. The molecular formula is C19H27NS. The normalized spacial score (nSPS) is 38.0. The molecule has 2 heteroatoms. The van der Waals surface area contributed by atoms with Crippen LogP contribution in [0.25, 0.3) is 0 Å². The van der Waals surface area contributed by atoms with E-state index >= 15 is 0 Å². The topological polar surface area (TPSA) is 12.9 Å². The predicted octanol–water partition coefficient (Wildman–Crippen LogP) is 5.44. The first kappa shape index (κ1) is 14.1. The predicted molar refractivity (Wildman–Crippen MR) is 89.7 cm³/mol. The molecule has 0 spiro atoms. The molecule has 4 aliphatic carbocycles. The molecule has 114 valence electrons. The van der Waals surface area contributed by atoms with E-state index in [0.29, 0.717) is 4.75 Å². The van der Waals surface area contributed by atoms with Gasteiger partial charge in [-0.3, -0.25) is 4.98 Å². The Bertz CT molecular complexity index is 507. The molecule has 0 unspecified atom stereocenters. The van der Waals surface area contributed by atoms with Crippen molar-refractivity contribution < 1.29 is 0 Å². The molecule has 21 heavy (non-hydrogen) atoms. The van der Waals surface area contributed by atoms with E-state index in [-0.39, 0.29) is 5.41 Å². The number of rotatable bonds is 2.